The zero-order valence-corrected chi connectivity index (χ0v) is 8.75. The monoisotopic (exact) mass is 214 g/mol. The van der Waals surface area contributed by atoms with Gasteiger partial charge < -0.3 is 9.42 Å². The first kappa shape index (κ1) is 11.2. The van der Waals surface area contributed by atoms with Crippen molar-refractivity contribution in [3.8, 4) is 5.75 Å². The Balaban J connectivity index is 2.61. The third kappa shape index (κ3) is 3.09. The van der Waals surface area contributed by atoms with Crippen LogP contribution in [0.15, 0.2) is 41.7 Å². The van der Waals surface area contributed by atoms with Crippen molar-refractivity contribution in [3.63, 3.8) is 0 Å². The van der Waals surface area contributed by atoms with Gasteiger partial charge in [0.25, 0.3) is 8.38 Å². The Kier molecular flexibility index (Phi) is 4.57. The molecule has 4 heteroatoms. The number of alkyl halides is 1. The lowest BCUT2D eigenvalue weighted by atomic mass is 10.3. The maximum atomic E-state index is 12.3. The minimum Gasteiger partial charge on any atom is -0.444 e. The highest BCUT2D eigenvalue weighted by Gasteiger charge is 2.12. The van der Waals surface area contributed by atoms with E-state index in [2.05, 4.69) is 0 Å². The molecule has 1 aromatic carbocycles. The molecule has 0 fully saturated rings. The molecule has 0 aliphatic carbocycles. The third-order valence-electron chi connectivity index (χ3n) is 1.65. The molecular weight excluding hydrogens is 202 g/mol. The van der Waals surface area contributed by atoms with Crippen molar-refractivity contribution in [3.05, 3.63) is 41.7 Å². The Morgan fingerprint density at radius 2 is 2.14 bits per heavy atom. The van der Waals surface area contributed by atoms with Gasteiger partial charge in [0.15, 0.2) is 0 Å². The summed E-state index contributed by atoms with van der Waals surface area (Å²) in [6, 6.07) is 8.87. The average Bonchev–Trinajstić information content (AvgIpc) is 2.21. The molecule has 2 nitrogen and oxygen atoms in total. The van der Waals surface area contributed by atoms with Crippen LogP contribution in [0.4, 0.5) is 4.39 Å². The Hall–Kier alpha value is -0.920. The van der Waals surface area contributed by atoms with E-state index in [4.69, 9.17) is 4.52 Å². The highest BCUT2D eigenvalue weighted by Crippen LogP contribution is 2.41. The molecule has 0 saturated heterocycles. The van der Waals surface area contributed by atoms with Crippen LogP contribution in [0.3, 0.4) is 0 Å². The standard InChI is InChI=1S/C10H12FO2P/c1-2-10(8-11)14(12)13-9-6-4-3-5-7-9/h2-7,12H,8H2,1H3. The zero-order valence-electron chi connectivity index (χ0n) is 7.85. The lowest BCUT2D eigenvalue weighted by molar-refractivity contribution is 0.480. The smallest absolute Gasteiger partial charge is 0.260 e. The number of halogens is 1. The molecule has 1 atom stereocenters. The van der Waals surface area contributed by atoms with Gasteiger partial charge in [-0.1, -0.05) is 24.3 Å². The first-order valence-electron chi connectivity index (χ1n) is 4.21. The van der Waals surface area contributed by atoms with E-state index in [-0.39, 0.29) is 0 Å². The van der Waals surface area contributed by atoms with Crippen LogP contribution in [-0.4, -0.2) is 11.6 Å². The lowest BCUT2D eigenvalue weighted by Gasteiger charge is -2.12. The highest BCUT2D eigenvalue weighted by atomic mass is 31.2. The van der Waals surface area contributed by atoms with Crippen LogP contribution in [0.5, 0.6) is 5.75 Å². The van der Waals surface area contributed by atoms with Gasteiger partial charge in [0.2, 0.25) is 0 Å². The fourth-order valence-electron chi connectivity index (χ4n) is 0.879. The summed E-state index contributed by atoms with van der Waals surface area (Å²) < 4.78 is 17.5. The lowest BCUT2D eigenvalue weighted by Crippen LogP contribution is -1.91. The summed E-state index contributed by atoms with van der Waals surface area (Å²) in [5, 5.41) is 0.295. The van der Waals surface area contributed by atoms with Crippen LogP contribution in [0.25, 0.3) is 0 Å². The number of para-hydroxylation sites is 1. The van der Waals surface area contributed by atoms with Crippen molar-refractivity contribution in [2.24, 2.45) is 0 Å². The fraction of sp³-hybridized carbons (Fsp3) is 0.200. The van der Waals surface area contributed by atoms with E-state index in [9.17, 15) is 9.28 Å². The Morgan fingerprint density at radius 3 is 2.64 bits per heavy atom. The van der Waals surface area contributed by atoms with E-state index in [0.717, 1.165) is 0 Å². The van der Waals surface area contributed by atoms with Gasteiger partial charge in [-0.25, -0.2) is 4.39 Å². The van der Waals surface area contributed by atoms with E-state index in [0.29, 0.717) is 11.1 Å². The first-order chi connectivity index (χ1) is 6.77. The van der Waals surface area contributed by atoms with E-state index >= 15 is 0 Å². The van der Waals surface area contributed by atoms with Gasteiger partial charge >= 0.3 is 0 Å². The van der Waals surface area contributed by atoms with Crippen LogP contribution < -0.4 is 4.52 Å². The average molecular weight is 214 g/mol. The van der Waals surface area contributed by atoms with Gasteiger partial charge in [0.1, 0.15) is 12.4 Å². The molecule has 0 aliphatic heterocycles. The molecule has 0 aliphatic rings. The van der Waals surface area contributed by atoms with Crippen LogP contribution >= 0.6 is 8.38 Å². The molecule has 0 amide bonds. The number of hydrogen-bond acceptors (Lipinski definition) is 2. The van der Waals surface area contributed by atoms with Crippen molar-refractivity contribution in [1.82, 2.24) is 0 Å². The van der Waals surface area contributed by atoms with E-state index < -0.39 is 15.1 Å². The van der Waals surface area contributed by atoms with Crippen LogP contribution in [0, 0.1) is 0 Å². The molecule has 0 heterocycles. The minimum absolute atomic E-state index is 0.295. The largest absolute Gasteiger partial charge is 0.444 e. The van der Waals surface area contributed by atoms with Crippen molar-refractivity contribution in [1.29, 1.82) is 0 Å². The summed E-state index contributed by atoms with van der Waals surface area (Å²) in [6.45, 7) is 1.00. The molecule has 0 saturated carbocycles. The zero-order chi connectivity index (χ0) is 10.4. The molecular formula is C10H12FO2P. The van der Waals surface area contributed by atoms with Gasteiger partial charge in [0.05, 0.1) is 0 Å². The second kappa shape index (κ2) is 5.74. The minimum atomic E-state index is -1.83. The molecule has 1 aromatic rings. The maximum Gasteiger partial charge on any atom is 0.260 e. The Bertz CT molecular complexity index is 300. The van der Waals surface area contributed by atoms with E-state index in [1.165, 1.54) is 6.08 Å². The maximum absolute atomic E-state index is 12.3. The van der Waals surface area contributed by atoms with Crippen LogP contribution in [0.2, 0.25) is 0 Å². The third-order valence-corrected chi connectivity index (χ3v) is 2.90. The van der Waals surface area contributed by atoms with Gasteiger partial charge in [-0.3, -0.25) is 0 Å². The van der Waals surface area contributed by atoms with Crippen molar-refractivity contribution >= 4 is 8.38 Å². The molecule has 0 aromatic heterocycles. The topological polar surface area (TPSA) is 29.5 Å². The van der Waals surface area contributed by atoms with E-state index in [1.807, 2.05) is 6.07 Å². The Labute approximate surface area is 83.9 Å². The normalized spacial score (nSPS) is 13.8. The molecule has 1 N–H and O–H groups in total. The molecule has 1 unspecified atom stereocenters. The van der Waals surface area contributed by atoms with Gasteiger partial charge in [0, 0.05) is 5.31 Å². The highest BCUT2D eigenvalue weighted by molar-refractivity contribution is 7.51. The summed E-state index contributed by atoms with van der Waals surface area (Å²) in [5.74, 6) is 0.550. The van der Waals surface area contributed by atoms with Gasteiger partial charge in [-0.05, 0) is 19.1 Å². The second-order valence-corrected chi connectivity index (χ2v) is 3.89. The van der Waals surface area contributed by atoms with Crippen LogP contribution in [0.1, 0.15) is 6.92 Å². The summed E-state index contributed by atoms with van der Waals surface area (Å²) >= 11 is 0. The predicted octanol–water partition coefficient (Wildman–Crippen LogP) is 3.24. The van der Waals surface area contributed by atoms with Gasteiger partial charge in [-0.15, -0.1) is 0 Å². The molecule has 1 rings (SSSR count). The first-order valence-corrected chi connectivity index (χ1v) is 5.42. The fourth-order valence-corrected chi connectivity index (χ4v) is 1.64. The van der Waals surface area contributed by atoms with Crippen molar-refractivity contribution < 1.29 is 13.8 Å². The van der Waals surface area contributed by atoms with Crippen LogP contribution in [-0.2, 0) is 0 Å². The molecule has 14 heavy (non-hydrogen) atoms. The van der Waals surface area contributed by atoms with E-state index in [1.54, 1.807) is 31.2 Å². The summed E-state index contributed by atoms with van der Waals surface area (Å²) in [4.78, 5) is 9.50. The molecule has 0 spiro atoms. The Morgan fingerprint density at radius 1 is 1.50 bits per heavy atom. The molecule has 0 radical (unpaired) electrons. The molecule has 76 valence electrons. The number of rotatable bonds is 4. The number of hydrogen-bond donors (Lipinski definition) is 1. The number of allylic oxidation sites excluding steroid dienone is 2. The van der Waals surface area contributed by atoms with Crippen molar-refractivity contribution in [2.45, 2.75) is 6.92 Å². The summed E-state index contributed by atoms with van der Waals surface area (Å²) in [6.07, 6.45) is 1.54. The van der Waals surface area contributed by atoms with Crippen molar-refractivity contribution in [2.75, 3.05) is 6.67 Å². The second-order valence-electron chi connectivity index (χ2n) is 2.59. The quantitative estimate of drug-likeness (QED) is 0.779. The summed E-state index contributed by atoms with van der Waals surface area (Å²) in [5.41, 5.74) is 0. The van der Waals surface area contributed by atoms with Gasteiger partial charge in [-0.2, -0.15) is 0 Å². The summed E-state index contributed by atoms with van der Waals surface area (Å²) in [7, 11) is -1.83. The predicted molar refractivity (Wildman–Crippen MR) is 55.9 cm³/mol. The SMILES string of the molecule is CC=C(CF)P(O)Oc1ccccc1. The molecule has 0 bridgehead atoms. The number of benzene rings is 1.